The van der Waals surface area contributed by atoms with Gasteiger partial charge in [-0.25, -0.2) is 0 Å². The lowest BCUT2D eigenvalue weighted by Gasteiger charge is -2.42. The normalized spacial score (nSPS) is 18.1. The number of rotatable bonds is 7. The zero-order valence-electron chi connectivity index (χ0n) is 14.3. The summed E-state index contributed by atoms with van der Waals surface area (Å²) in [5, 5.41) is 3.74. The molecule has 0 radical (unpaired) electrons. The van der Waals surface area contributed by atoms with Crippen molar-refractivity contribution < 1.29 is 0 Å². The van der Waals surface area contributed by atoms with Gasteiger partial charge in [0.25, 0.3) is 0 Å². The molecule has 1 N–H and O–H groups in total. The Morgan fingerprint density at radius 3 is 2.14 bits per heavy atom. The molecule has 1 aliphatic heterocycles. The fourth-order valence-corrected chi connectivity index (χ4v) is 3.48. The van der Waals surface area contributed by atoms with Crippen molar-refractivity contribution in [2.24, 2.45) is 0 Å². The number of nitrogens with zero attached hydrogens (tertiary/aromatic N) is 1. The van der Waals surface area contributed by atoms with Gasteiger partial charge in [-0.3, -0.25) is 4.90 Å². The Kier molecular flexibility index (Phi) is 5.83. The van der Waals surface area contributed by atoms with Crippen molar-refractivity contribution in [3.05, 3.63) is 35.4 Å². The summed E-state index contributed by atoms with van der Waals surface area (Å²) in [5.74, 6) is 0. The zero-order chi connectivity index (χ0) is 15.3. The van der Waals surface area contributed by atoms with Gasteiger partial charge in [-0.2, -0.15) is 0 Å². The van der Waals surface area contributed by atoms with E-state index in [-0.39, 0.29) is 5.54 Å². The van der Waals surface area contributed by atoms with E-state index in [2.05, 4.69) is 62.2 Å². The largest absolute Gasteiger partial charge is 0.312 e. The highest BCUT2D eigenvalue weighted by molar-refractivity contribution is 5.24. The lowest BCUT2D eigenvalue weighted by atomic mass is 9.87. The molecule has 1 unspecified atom stereocenters. The van der Waals surface area contributed by atoms with Crippen LogP contribution < -0.4 is 5.32 Å². The van der Waals surface area contributed by atoms with Crippen LogP contribution in [0.15, 0.2) is 24.3 Å². The number of nitrogens with one attached hydrogen (secondary N) is 1. The van der Waals surface area contributed by atoms with E-state index in [1.54, 1.807) is 0 Å². The molecule has 1 atom stereocenters. The molecule has 1 fully saturated rings. The molecule has 21 heavy (non-hydrogen) atoms. The summed E-state index contributed by atoms with van der Waals surface area (Å²) >= 11 is 0. The second-order valence-electron chi connectivity index (χ2n) is 6.83. The molecule has 2 rings (SSSR count). The lowest BCUT2D eigenvalue weighted by molar-refractivity contribution is 0.107. The Hall–Kier alpha value is -0.860. The van der Waals surface area contributed by atoms with Gasteiger partial charge in [0.2, 0.25) is 0 Å². The van der Waals surface area contributed by atoms with Gasteiger partial charge in [-0.1, -0.05) is 38.1 Å². The van der Waals surface area contributed by atoms with Crippen LogP contribution in [0.5, 0.6) is 0 Å². The minimum atomic E-state index is 0.218. The Balaban J connectivity index is 2.09. The van der Waals surface area contributed by atoms with Crippen molar-refractivity contribution >= 4 is 0 Å². The van der Waals surface area contributed by atoms with E-state index >= 15 is 0 Å². The highest BCUT2D eigenvalue weighted by Gasteiger charge is 2.36. The Morgan fingerprint density at radius 2 is 1.62 bits per heavy atom. The van der Waals surface area contributed by atoms with Gasteiger partial charge in [0.1, 0.15) is 0 Å². The fourth-order valence-electron chi connectivity index (χ4n) is 3.48. The summed E-state index contributed by atoms with van der Waals surface area (Å²) in [5.41, 5.74) is 3.10. The summed E-state index contributed by atoms with van der Waals surface area (Å²) in [6, 6.07) is 9.68. The number of aryl methyl sites for hydroxylation is 1. The number of hydrogen-bond donors (Lipinski definition) is 1. The van der Waals surface area contributed by atoms with E-state index in [4.69, 9.17) is 0 Å². The molecule has 2 heteroatoms. The molecule has 2 nitrogen and oxygen atoms in total. The molecular formula is C19H32N2. The summed E-state index contributed by atoms with van der Waals surface area (Å²) in [6.45, 7) is 12.8. The SMILES string of the molecule is CCNC(Cc1ccc(CC)cc1)C(C)(C)N1CCCC1. The van der Waals surface area contributed by atoms with Gasteiger partial charge in [-0.15, -0.1) is 0 Å². The van der Waals surface area contributed by atoms with Gasteiger partial charge in [-0.05, 0) is 70.3 Å². The van der Waals surface area contributed by atoms with Crippen LogP contribution in [-0.2, 0) is 12.8 Å². The molecule has 1 aromatic rings. The quantitative estimate of drug-likeness (QED) is 0.824. The molecule has 0 aliphatic carbocycles. The predicted octanol–water partition coefficient (Wildman–Crippen LogP) is 3.64. The molecule has 1 heterocycles. The number of benzene rings is 1. The highest BCUT2D eigenvalue weighted by atomic mass is 15.2. The smallest absolute Gasteiger partial charge is 0.0309 e. The van der Waals surface area contributed by atoms with Crippen molar-refractivity contribution in [2.75, 3.05) is 19.6 Å². The van der Waals surface area contributed by atoms with Gasteiger partial charge < -0.3 is 5.32 Å². The van der Waals surface area contributed by atoms with Crippen molar-refractivity contribution in [2.45, 2.75) is 65.0 Å². The lowest BCUT2D eigenvalue weighted by Crippen LogP contribution is -2.57. The number of likely N-dealkylation sites (N-methyl/N-ethyl adjacent to an activating group) is 1. The van der Waals surface area contributed by atoms with E-state index < -0.39 is 0 Å². The number of likely N-dealkylation sites (tertiary alicyclic amines) is 1. The summed E-state index contributed by atoms with van der Waals surface area (Å²) in [7, 11) is 0. The first kappa shape index (κ1) is 16.5. The van der Waals surface area contributed by atoms with Crippen LogP contribution in [0, 0.1) is 0 Å². The highest BCUT2D eigenvalue weighted by Crippen LogP contribution is 2.26. The van der Waals surface area contributed by atoms with Crippen LogP contribution in [0.25, 0.3) is 0 Å². The van der Waals surface area contributed by atoms with Crippen molar-refractivity contribution in [1.29, 1.82) is 0 Å². The van der Waals surface area contributed by atoms with E-state index in [0.717, 1.165) is 19.4 Å². The van der Waals surface area contributed by atoms with E-state index in [0.29, 0.717) is 6.04 Å². The van der Waals surface area contributed by atoms with E-state index in [9.17, 15) is 0 Å². The van der Waals surface area contributed by atoms with Crippen molar-refractivity contribution in [3.8, 4) is 0 Å². The van der Waals surface area contributed by atoms with Crippen LogP contribution in [0.3, 0.4) is 0 Å². The predicted molar refractivity (Wildman–Crippen MR) is 91.9 cm³/mol. The number of hydrogen-bond acceptors (Lipinski definition) is 2. The first-order chi connectivity index (χ1) is 10.1. The molecule has 1 aliphatic rings. The first-order valence-electron chi connectivity index (χ1n) is 8.64. The van der Waals surface area contributed by atoms with Crippen molar-refractivity contribution in [3.63, 3.8) is 0 Å². The maximum atomic E-state index is 3.74. The van der Waals surface area contributed by atoms with Gasteiger partial charge in [0.05, 0.1) is 0 Å². The van der Waals surface area contributed by atoms with Crippen LogP contribution in [0.2, 0.25) is 0 Å². The Morgan fingerprint density at radius 1 is 1.05 bits per heavy atom. The third-order valence-electron chi connectivity index (χ3n) is 5.10. The second kappa shape index (κ2) is 7.42. The molecule has 0 spiro atoms. The molecule has 0 amide bonds. The maximum Gasteiger partial charge on any atom is 0.0309 e. The molecule has 0 saturated carbocycles. The van der Waals surface area contributed by atoms with Gasteiger partial charge >= 0.3 is 0 Å². The average Bonchev–Trinajstić information content (AvgIpc) is 3.02. The minimum absolute atomic E-state index is 0.218. The van der Waals surface area contributed by atoms with E-state index in [1.807, 2.05) is 0 Å². The third kappa shape index (κ3) is 4.08. The maximum absolute atomic E-state index is 3.74. The molecule has 1 saturated heterocycles. The molecule has 1 aromatic carbocycles. The van der Waals surface area contributed by atoms with Crippen LogP contribution in [0.4, 0.5) is 0 Å². The minimum Gasteiger partial charge on any atom is -0.312 e. The Bertz CT molecular complexity index is 416. The molecule has 0 bridgehead atoms. The standard InChI is InChI=1S/C19H32N2/c1-5-16-9-11-17(12-10-16)15-18(20-6-2)19(3,4)21-13-7-8-14-21/h9-12,18,20H,5-8,13-15H2,1-4H3. The topological polar surface area (TPSA) is 15.3 Å². The second-order valence-corrected chi connectivity index (χ2v) is 6.83. The zero-order valence-corrected chi connectivity index (χ0v) is 14.3. The van der Waals surface area contributed by atoms with Crippen LogP contribution in [0.1, 0.15) is 51.7 Å². The fraction of sp³-hybridized carbons (Fsp3) is 0.684. The monoisotopic (exact) mass is 288 g/mol. The molecule has 0 aromatic heterocycles. The van der Waals surface area contributed by atoms with Gasteiger partial charge in [0.15, 0.2) is 0 Å². The molecule has 118 valence electrons. The van der Waals surface area contributed by atoms with Crippen molar-refractivity contribution in [1.82, 2.24) is 10.2 Å². The summed E-state index contributed by atoms with van der Waals surface area (Å²) < 4.78 is 0. The van der Waals surface area contributed by atoms with Crippen LogP contribution in [-0.4, -0.2) is 36.1 Å². The van der Waals surface area contributed by atoms with E-state index in [1.165, 1.54) is 37.1 Å². The summed E-state index contributed by atoms with van der Waals surface area (Å²) in [6.07, 6.45) is 4.94. The van der Waals surface area contributed by atoms with Crippen LogP contribution >= 0.6 is 0 Å². The third-order valence-corrected chi connectivity index (χ3v) is 5.10. The van der Waals surface area contributed by atoms with Gasteiger partial charge in [0, 0.05) is 11.6 Å². The average molecular weight is 288 g/mol. The molecular weight excluding hydrogens is 256 g/mol. The first-order valence-corrected chi connectivity index (χ1v) is 8.64. The Labute approximate surface area is 130 Å². The summed E-state index contributed by atoms with van der Waals surface area (Å²) in [4.78, 5) is 2.67.